The molecule has 0 saturated carbocycles. The number of hydrogen-bond acceptors (Lipinski definition) is 1. The van der Waals surface area contributed by atoms with Crippen LogP contribution in [0.5, 0.6) is 0 Å². The Kier molecular flexibility index (Phi) is 0.449. The van der Waals surface area contributed by atoms with Crippen molar-refractivity contribution in [3.8, 4) is 0 Å². The number of H-pyrrole nitrogens is 1. The molecule has 0 fully saturated rings. The minimum Gasteiger partial charge on any atom is -0.349 e. The van der Waals surface area contributed by atoms with Crippen molar-refractivity contribution in [2.24, 2.45) is 0 Å². The van der Waals surface area contributed by atoms with Gasteiger partial charge in [-0.1, -0.05) is 0 Å². The number of aryl methyl sites for hydroxylation is 1. The van der Waals surface area contributed by atoms with E-state index >= 15 is 0 Å². The van der Waals surface area contributed by atoms with Gasteiger partial charge in [-0.05, 0) is 6.92 Å². The lowest BCUT2D eigenvalue weighted by molar-refractivity contribution is 1.15. The van der Waals surface area contributed by atoms with Crippen molar-refractivity contribution in [1.82, 2.24) is 9.96 Å². The van der Waals surface area contributed by atoms with Gasteiger partial charge in [0.2, 0.25) is 0 Å². The van der Waals surface area contributed by atoms with Crippen molar-refractivity contribution >= 4 is 0 Å². The molecule has 1 N–H and O–H groups in total. The molecule has 0 atom stereocenters. The molecule has 0 aliphatic carbocycles. The zero-order valence-corrected chi connectivity index (χ0v) is 3.55. The first-order valence-corrected chi connectivity index (χ1v) is 1.80. The third kappa shape index (κ3) is 0.407. The Morgan fingerprint density at radius 2 is 3.00 bits per heavy atom. The fourth-order valence-corrected chi connectivity index (χ4v) is 0.316. The van der Waals surface area contributed by atoms with E-state index < -0.39 is 0 Å². The molecule has 1 aromatic heterocycles. The first-order chi connectivity index (χ1) is 3.30. The third-order valence-electron chi connectivity index (χ3n) is 0.589. The van der Waals surface area contributed by atoms with Crippen molar-refractivity contribution in [1.29, 1.82) is 0 Å². The Balaban J connectivity index is 3.12. The summed E-state index contributed by atoms with van der Waals surface area (Å²) in [6.07, 6.45) is 3.19. The summed E-state index contributed by atoms with van der Waals surface area (Å²) in [5.41, 5.74) is 0. The number of aromatic nitrogens is 2. The largest absolute Gasteiger partial charge is 0.349 e. The number of nitrogens with one attached hydrogen (secondary N) is 1. The molecule has 1 rings (SSSR count). The van der Waals surface area contributed by atoms with Crippen LogP contribution in [-0.2, 0) is 0 Å². The fraction of sp³-hybridized carbons (Fsp3) is 0.250. The van der Waals surface area contributed by atoms with E-state index in [-0.39, 0.29) is 0 Å². The summed E-state index contributed by atoms with van der Waals surface area (Å²) < 4.78 is 6.95. The molecule has 0 amide bonds. The molecule has 0 unspecified atom stereocenters. The van der Waals surface area contributed by atoms with Gasteiger partial charge in [0.1, 0.15) is 5.82 Å². The quantitative estimate of drug-likeness (QED) is 0.492. The lowest BCUT2D eigenvalue weighted by Gasteiger charge is -1.68. The van der Waals surface area contributed by atoms with E-state index in [1.54, 1.807) is 19.3 Å². The highest BCUT2D eigenvalue weighted by molar-refractivity contribution is 4.80. The summed E-state index contributed by atoms with van der Waals surface area (Å²) in [5, 5.41) is 0. The molecule has 2 nitrogen and oxygen atoms in total. The maximum Gasteiger partial charge on any atom is 0.167 e. The van der Waals surface area contributed by atoms with Crippen LogP contribution in [-0.4, -0.2) is 9.96 Å². The highest BCUT2D eigenvalue weighted by atomic mass is 14.9. The van der Waals surface area contributed by atoms with Crippen LogP contribution in [0.25, 0.3) is 0 Å². The fourth-order valence-electron chi connectivity index (χ4n) is 0.316. The molecule has 2 heteroatoms. The molecule has 6 heavy (non-hydrogen) atoms. The monoisotopic (exact) mass is 83.1 g/mol. The molecule has 32 valence electrons. The number of aromatic amines is 1. The molecular formula is C4H6N2. The average molecular weight is 83.1 g/mol. The molecular weight excluding hydrogens is 76.1 g/mol. The normalized spacial score (nSPS) is 11.2. The Bertz CT molecular complexity index is 142. The Labute approximate surface area is 37.7 Å². The third-order valence-corrected chi connectivity index (χ3v) is 0.589. The molecule has 0 aromatic carbocycles. The van der Waals surface area contributed by atoms with Crippen LogP contribution in [0.2, 0.25) is 1.41 Å². The number of hydrogen-bond donors (Lipinski definition) is 1. The van der Waals surface area contributed by atoms with E-state index in [0.717, 1.165) is 5.82 Å². The number of imidazole rings is 1. The van der Waals surface area contributed by atoms with E-state index in [0.29, 0.717) is 0 Å². The van der Waals surface area contributed by atoms with E-state index in [1.165, 1.54) is 4.98 Å². The first-order valence-electron chi connectivity index (χ1n) is 2.24. The number of rotatable bonds is 0. The summed E-state index contributed by atoms with van der Waals surface area (Å²) in [6.45, 7) is 1.78. The topological polar surface area (TPSA) is 28.7 Å². The van der Waals surface area contributed by atoms with Gasteiger partial charge in [-0.2, -0.15) is 0 Å². The van der Waals surface area contributed by atoms with E-state index in [2.05, 4.69) is 4.98 Å². The average Bonchev–Trinajstić information content (AvgIpc) is 1.91. The van der Waals surface area contributed by atoms with E-state index in [9.17, 15) is 0 Å². The Morgan fingerprint density at radius 1 is 2.17 bits per heavy atom. The first kappa shape index (κ1) is 2.39. The summed E-state index contributed by atoms with van der Waals surface area (Å²) in [6, 6.07) is 0. The smallest absolute Gasteiger partial charge is 0.167 e. The standard InChI is InChI=1S/C4H6N2/c1-4-5-2-3-6-4/h2-3H,1H3,(H,5,6)/i/hD. The van der Waals surface area contributed by atoms with E-state index in [4.69, 9.17) is 1.41 Å². The van der Waals surface area contributed by atoms with Crippen LogP contribution in [0.1, 0.15) is 5.82 Å². The van der Waals surface area contributed by atoms with Gasteiger partial charge in [0, 0.05) is 12.4 Å². The van der Waals surface area contributed by atoms with Gasteiger partial charge in [0.05, 0.1) is 0 Å². The second-order valence-electron chi connectivity index (χ2n) is 1.10. The second-order valence-corrected chi connectivity index (χ2v) is 1.10. The molecule has 0 radical (unpaired) electrons. The molecule has 0 saturated heterocycles. The van der Waals surface area contributed by atoms with Gasteiger partial charge >= 0.3 is 0 Å². The zero-order chi connectivity index (χ0) is 5.28. The lowest BCUT2D eigenvalue weighted by Crippen LogP contribution is -1.66. The van der Waals surface area contributed by atoms with Crippen LogP contribution in [0.4, 0.5) is 0 Å². The van der Waals surface area contributed by atoms with Gasteiger partial charge in [-0.15, -0.1) is 0 Å². The SMILES string of the molecule is [2H]n1ccnc1C. The van der Waals surface area contributed by atoms with Crippen LogP contribution in [0.3, 0.4) is 0 Å². The van der Waals surface area contributed by atoms with E-state index in [1.807, 2.05) is 0 Å². The van der Waals surface area contributed by atoms with Crippen molar-refractivity contribution < 1.29 is 1.41 Å². The van der Waals surface area contributed by atoms with Crippen LogP contribution in [0, 0.1) is 6.92 Å². The van der Waals surface area contributed by atoms with Gasteiger partial charge in [-0.3, -0.25) is 0 Å². The van der Waals surface area contributed by atoms with Crippen LogP contribution >= 0.6 is 0 Å². The molecule has 1 aromatic rings. The summed E-state index contributed by atoms with van der Waals surface area (Å²) in [5.74, 6) is 0.722. The van der Waals surface area contributed by atoms with Gasteiger partial charge in [0.15, 0.2) is 1.41 Å². The van der Waals surface area contributed by atoms with Crippen LogP contribution in [0.15, 0.2) is 12.4 Å². The minimum absolute atomic E-state index is 0.722. The van der Waals surface area contributed by atoms with Crippen molar-refractivity contribution in [3.63, 3.8) is 0 Å². The number of nitrogens with zero attached hydrogens (tertiary/aromatic N) is 1. The molecule has 0 bridgehead atoms. The predicted molar refractivity (Wildman–Crippen MR) is 23.3 cm³/mol. The summed E-state index contributed by atoms with van der Waals surface area (Å²) in [4.78, 5) is 5.01. The van der Waals surface area contributed by atoms with Crippen LogP contribution < -0.4 is 0 Å². The van der Waals surface area contributed by atoms with Crippen molar-refractivity contribution in [3.05, 3.63) is 18.2 Å². The molecule has 0 spiro atoms. The highest BCUT2D eigenvalue weighted by Crippen LogP contribution is 1.78. The molecule has 0 aliphatic rings. The van der Waals surface area contributed by atoms with Gasteiger partial charge in [0.25, 0.3) is 0 Å². The van der Waals surface area contributed by atoms with Crippen molar-refractivity contribution in [2.75, 3.05) is 0 Å². The summed E-state index contributed by atoms with van der Waals surface area (Å²) >= 11 is 0. The minimum atomic E-state index is 0.722. The second kappa shape index (κ2) is 1.12. The molecule has 1 heterocycles. The lowest BCUT2D eigenvalue weighted by atomic mass is 10.8. The molecule has 0 aliphatic heterocycles. The Morgan fingerprint density at radius 3 is 3.17 bits per heavy atom. The predicted octanol–water partition coefficient (Wildman–Crippen LogP) is 0.718. The van der Waals surface area contributed by atoms with Gasteiger partial charge < -0.3 is 4.98 Å². The van der Waals surface area contributed by atoms with Gasteiger partial charge in [-0.25, -0.2) is 4.98 Å². The maximum absolute atomic E-state index is 6.95. The van der Waals surface area contributed by atoms with Crippen molar-refractivity contribution in [2.45, 2.75) is 6.92 Å². The zero-order valence-electron chi connectivity index (χ0n) is 4.55. The Hall–Kier alpha value is -0.790. The highest BCUT2D eigenvalue weighted by Gasteiger charge is 1.73. The summed E-state index contributed by atoms with van der Waals surface area (Å²) in [7, 11) is 0. The maximum atomic E-state index is 6.95.